The second-order valence-electron chi connectivity index (χ2n) is 9.37. The Morgan fingerprint density at radius 3 is 2.55 bits per heavy atom. The molecule has 1 aromatic heterocycles. The number of nitrogens with one attached hydrogen (secondary N) is 1. The summed E-state index contributed by atoms with van der Waals surface area (Å²) >= 11 is 3.44. The quantitative estimate of drug-likeness (QED) is 0.310. The molecule has 6 rings (SSSR count). The maximum atomic E-state index is 13.7. The third kappa shape index (κ3) is 4.63. The summed E-state index contributed by atoms with van der Waals surface area (Å²) in [5.41, 5.74) is 4.67. The van der Waals surface area contributed by atoms with E-state index in [9.17, 15) is 14.0 Å². The van der Waals surface area contributed by atoms with Gasteiger partial charge in [0.15, 0.2) is 12.0 Å². The molecule has 2 aliphatic rings. The molecule has 3 aromatic carbocycles. The molecule has 0 unspecified atom stereocenters. The monoisotopic (exact) mass is 575 g/mol. The van der Waals surface area contributed by atoms with Crippen LogP contribution in [0.2, 0.25) is 0 Å². The number of anilines is 1. The van der Waals surface area contributed by atoms with Gasteiger partial charge in [0.2, 0.25) is 11.8 Å². The molecule has 1 saturated heterocycles. The predicted molar refractivity (Wildman–Crippen MR) is 143 cm³/mol. The summed E-state index contributed by atoms with van der Waals surface area (Å²) in [4.78, 5) is 31.3. The average molecular weight is 576 g/mol. The summed E-state index contributed by atoms with van der Waals surface area (Å²) in [6, 6.07) is 19.4. The fourth-order valence-electron chi connectivity index (χ4n) is 4.80. The van der Waals surface area contributed by atoms with Gasteiger partial charge in [-0.3, -0.25) is 9.59 Å². The van der Waals surface area contributed by atoms with Crippen molar-refractivity contribution in [3.63, 3.8) is 0 Å². The van der Waals surface area contributed by atoms with E-state index in [1.165, 1.54) is 12.1 Å². The number of benzene rings is 3. The van der Waals surface area contributed by atoms with Crippen molar-refractivity contribution in [2.45, 2.75) is 32.1 Å². The molecular weight excluding hydrogens is 553 g/mol. The topological polar surface area (TPSA) is 84.7 Å². The number of halogens is 2. The van der Waals surface area contributed by atoms with E-state index < -0.39 is 12.3 Å². The van der Waals surface area contributed by atoms with Gasteiger partial charge in [0, 0.05) is 27.8 Å². The van der Waals surface area contributed by atoms with Gasteiger partial charge in [0.1, 0.15) is 17.6 Å². The maximum Gasteiger partial charge on any atom is 0.253 e. The van der Waals surface area contributed by atoms with Gasteiger partial charge in [-0.15, -0.1) is 0 Å². The van der Waals surface area contributed by atoms with E-state index in [1.807, 2.05) is 42.5 Å². The zero-order chi connectivity index (χ0) is 26.4. The molecule has 9 heteroatoms. The molecule has 3 heterocycles. The van der Waals surface area contributed by atoms with Crippen LogP contribution in [-0.4, -0.2) is 34.3 Å². The molecule has 2 aliphatic heterocycles. The fourth-order valence-corrected chi connectivity index (χ4v) is 5.07. The summed E-state index contributed by atoms with van der Waals surface area (Å²) in [6.45, 7) is 2.08. The van der Waals surface area contributed by atoms with Crippen molar-refractivity contribution < 1.29 is 23.1 Å². The SMILES string of the molecule is C[C@H]1O[C@H](c2oc(-c3ccc(Br)cc3)nc2-c2ccc(F)cc2)N(CCc2ccc3c(c2)NC(=O)C3)C1=O. The van der Waals surface area contributed by atoms with E-state index in [-0.39, 0.29) is 17.6 Å². The largest absolute Gasteiger partial charge is 0.436 e. The molecule has 2 atom stereocenters. The minimum atomic E-state index is -0.802. The van der Waals surface area contributed by atoms with Gasteiger partial charge in [-0.1, -0.05) is 28.1 Å². The predicted octanol–water partition coefficient (Wildman–Crippen LogP) is 5.89. The van der Waals surface area contributed by atoms with E-state index >= 15 is 0 Å². The van der Waals surface area contributed by atoms with Crippen molar-refractivity contribution in [3.8, 4) is 22.7 Å². The lowest BCUT2D eigenvalue weighted by atomic mass is 10.1. The number of hydrogen-bond acceptors (Lipinski definition) is 5. The Morgan fingerprint density at radius 1 is 1.05 bits per heavy atom. The number of aromatic nitrogens is 1. The highest BCUT2D eigenvalue weighted by atomic mass is 79.9. The normalized spacial score (nSPS) is 18.7. The molecule has 4 aromatic rings. The molecule has 0 radical (unpaired) electrons. The number of carbonyl (C=O) groups is 2. The van der Waals surface area contributed by atoms with Crippen LogP contribution in [0.25, 0.3) is 22.7 Å². The first-order valence-electron chi connectivity index (χ1n) is 12.3. The Morgan fingerprint density at radius 2 is 1.79 bits per heavy atom. The number of hydrogen-bond donors (Lipinski definition) is 1. The molecule has 192 valence electrons. The van der Waals surface area contributed by atoms with E-state index in [1.54, 1.807) is 24.0 Å². The highest BCUT2D eigenvalue weighted by molar-refractivity contribution is 9.10. The van der Waals surface area contributed by atoms with Crippen LogP contribution in [-0.2, 0) is 27.2 Å². The lowest BCUT2D eigenvalue weighted by molar-refractivity contribution is -0.130. The van der Waals surface area contributed by atoms with Gasteiger partial charge in [-0.25, -0.2) is 9.37 Å². The smallest absolute Gasteiger partial charge is 0.253 e. The first-order valence-corrected chi connectivity index (χ1v) is 13.1. The molecule has 2 amide bonds. The van der Waals surface area contributed by atoms with Crippen molar-refractivity contribution in [3.05, 3.63) is 93.9 Å². The third-order valence-electron chi connectivity index (χ3n) is 6.77. The zero-order valence-corrected chi connectivity index (χ0v) is 22.0. The van der Waals surface area contributed by atoms with E-state index in [4.69, 9.17) is 14.1 Å². The minimum Gasteiger partial charge on any atom is -0.436 e. The standard InChI is InChI=1S/C29H23BrFN3O4/c1-16-28(36)34(13-12-17-2-3-20-15-24(35)32-23(20)14-17)29(37-16)26-25(18-6-10-22(31)11-7-18)33-27(38-26)19-4-8-21(30)9-5-19/h2-11,14,16,29H,12-13,15H2,1H3,(H,32,35)/t16-,29-/m1/s1. The molecular formula is C29H23BrFN3O4. The Kier molecular flexibility index (Phi) is 6.33. The van der Waals surface area contributed by atoms with Gasteiger partial charge in [0.05, 0.1) is 6.42 Å². The summed E-state index contributed by atoms with van der Waals surface area (Å²) in [5.74, 6) is 0.218. The van der Waals surface area contributed by atoms with Crippen LogP contribution in [0.3, 0.4) is 0 Å². The molecule has 0 aliphatic carbocycles. The molecule has 0 spiro atoms. The Hall–Kier alpha value is -3.82. The third-order valence-corrected chi connectivity index (χ3v) is 7.30. The Balaban J connectivity index is 1.34. The van der Waals surface area contributed by atoms with Crippen LogP contribution in [0.1, 0.15) is 30.0 Å². The summed E-state index contributed by atoms with van der Waals surface area (Å²) in [7, 11) is 0. The number of carbonyl (C=O) groups excluding carboxylic acids is 2. The van der Waals surface area contributed by atoms with Crippen molar-refractivity contribution in [1.82, 2.24) is 9.88 Å². The van der Waals surface area contributed by atoms with Crippen molar-refractivity contribution in [2.75, 3.05) is 11.9 Å². The number of rotatable bonds is 6. The van der Waals surface area contributed by atoms with Gasteiger partial charge < -0.3 is 19.4 Å². The molecule has 1 fully saturated rings. The molecule has 38 heavy (non-hydrogen) atoms. The highest BCUT2D eigenvalue weighted by Crippen LogP contribution is 2.40. The Bertz CT molecular complexity index is 1530. The average Bonchev–Trinajstić information content (AvgIpc) is 3.58. The van der Waals surface area contributed by atoms with Crippen LogP contribution < -0.4 is 5.32 Å². The number of fused-ring (bicyclic) bond motifs is 1. The Labute approximate surface area is 226 Å². The number of oxazole rings is 1. The van der Waals surface area contributed by atoms with Crippen molar-refractivity contribution >= 4 is 33.4 Å². The van der Waals surface area contributed by atoms with Gasteiger partial charge in [-0.2, -0.15) is 0 Å². The minimum absolute atomic E-state index is 0.0191. The number of amides is 2. The number of nitrogens with zero attached hydrogens (tertiary/aromatic N) is 2. The zero-order valence-electron chi connectivity index (χ0n) is 20.4. The van der Waals surface area contributed by atoms with Gasteiger partial charge in [0.25, 0.3) is 5.91 Å². The van der Waals surface area contributed by atoms with Crippen LogP contribution in [0.4, 0.5) is 10.1 Å². The fraction of sp³-hybridized carbons (Fsp3) is 0.207. The van der Waals surface area contributed by atoms with Gasteiger partial charge in [-0.05, 0) is 79.1 Å². The summed E-state index contributed by atoms with van der Waals surface area (Å²) < 4.78 is 27.0. The number of ether oxygens (including phenoxy) is 1. The molecule has 7 nitrogen and oxygen atoms in total. The van der Waals surface area contributed by atoms with Crippen LogP contribution in [0.15, 0.2) is 75.6 Å². The highest BCUT2D eigenvalue weighted by Gasteiger charge is 2.42. The van der Waals surface area contributed by atoms with Crippen molar-refractivity contribution in [2.24, 2.45) is 0 Å². The van der Waals surface area contributed by atoms with Gasteiger partial charge >= 0.3 is 0 Å². The maximum absolute atomic E-state index is 13.7. The second kappa shape index (κ2) is 9.81. The summed E-state index contributed by atoms with van der Waals surface area (Å²) in [5, 5.41) is 2.87. The lowest BCUT2D eigenvalue weighted by Crippen LogP contribution is -2.32. The lowest BCUT2D eigenvalue weighted by Gasteiger charge is -2.22. The summed E-state index contributed by atoms with van der Waals surface area (Å²) in [6.07, 6.45) is -0.530. The van der Waals surface area contributed by atoms with E-state index in [0.717, 1.165) is 26.9 Å². The van der Waals surface area contributed by atoms with E-state index in [0.29, 0.717) is 42.3 Å². The van der Waals surface area contributed by atoms with E-state index in [2.05, 4.69) is 21.2 Å². The van der Waals surface area contributed by atoms with Crippen LogP contribution in [0, 0.1) is 5.82 Å². The van der Waals surface area contributed by atoms with Crippen LogP contribution in [0.5, 0.6) is 0 Å². The molecule has 0 bridgehead atoms. The molecule has 0 saturated carbocycles. The van der Waals surface area contributed by atoms with Crippen molar-refractivity contribution in [1.29, 1.82) is 0 Å². The molecule has 1 N–H and O–H groups in total. The second-order valence-corrected chi connectivity index (χ2v) is 10.3. The van der Waals surface area contributed by atoms with Crippen LogP contribution >= 0.6 is 15.9 Å². The first kappa shape index (κ1) is 24.5. The first-order chi connectivity index (χ1) is 18.4.